The number of carbonyl (C=O) groups is 1. The second-order valence-electron chi connectivity index (χ2n) is 8.53. The molecule has 6 nitrogen and oxygen atoms in total. The molecule has 2 unspecified atom stereocenters. The zero-order valence-corrected chi connectivity index (χ0v) is 18.4. The van der Waals surface area contributed by atoms with Gasteiger partial charge in [0, 0.05) is 6.54 Å². The highest BCUT2D eigenvalue weighted by Crippen LogP contribution is 2.39. The van der Waals surface area contributed by atoms with Crippen LogP contribution in [0.25, 0.3) is 0 Å². The Hall–Kier alpha value is -3.51. The van der Waals surface area contributed by atoms with Crippen molar-refractivity contribution in [3.8, 4) is 17.2 Å². The van der Waals surface area contributed by atoms with Gasteiger partial charge in [0.05, 0.1) is 12.0 Å². The van der Waals surface area contributed by atoms with Crippen molar-refractivity contribution in [2.75, 3.05) is 19.9 Å². The molecule has 33 heavy (non-hydrogen) atoms. The zero-order valence-electron chi connectivity index (χ0n) is 18.4. The highest BCUT2D eigenvalue weighted by atomic mass is 16.7. The van der Waals surface area contributed by atoms with E-state index in [1.165, 1.54) is 0 Å². The number of likely N-dealkylation sites (tertiary alicyclic amines) is 1. The molecule has 3 aromatic rings. The SMILES string of the molecule is O=C(O)C1CCCN(C(c2cccc(OCc3ccccc3)c2)c2ccc3c(c2)OCO3)C1. The van der Waals surface area contributed by atoms with Gasteiger partial charge in [0.1, 0.15) is 12.4 Å². The highest BCUT2D eigenvalue weighted by Gasteiger charge is 2.32. The van der Waals surface area contributed by atoms with Crippen molar-refractivity contribution in [2.24, 2.45) is 5.92 Å². The monoisotopic (exact) mass is 445 g/mol. The number of carboxylic acid groups (broad SMARTS) is 1. The Kier molecular flexibility index (Phi) is 6.17. The maximum Gasteiger partial charge on any atom is 0.307 e. The molecule has 0 spiro atoms. The number of fused-ring (bicyclic) bond motifs is 1. The lowest BCUT2D eigenvalue weighted by Crippen LogP contribution is -2.41. The van der Waals surface area contributed by atoms with Gasteiger partial charge < -0.3 is 19.3 Å². The van der Waals surface area contributed by atoms with Crippen LogP contribution in [-0.2, 0) is 11.4 Å². The van der Waals surface area contributed by atoms with Crippen LogP contribution >= 0.6 is 0 Å². The number of aliphatic carboxylic acids is 1. The van der Waals surface area contributed by atoms with Gasteiger partial charge in [0.2, 0.25) is 6.79 Å². The van der Waals surface area contributed by atoms with Crippen molar-refractivity contribution < 1.29 is 24.1 Å². The summed E-state index contributed by atoms with van der Waals surface area (Å²) < 4.78 is 17.2. The van der Waals surface area contributed by atoms with Crippen LogP contribution in [0.5, 0.6) is 17.2 Å². The molecule has 3 aromatic carbocycles. The Bertz CT molecular complexity index is 1120. The van der Waals surface area contributed by atoms with Crippen molar-refractivity contribution >= 4 is 5.97 Å². The van der Waals surface area contributed by atoms with Crippen LogP contribution < -0.4 is 14.2 Å². The normalized spacial score (nSPS) is 18.6. The third-order valence-corrected chi connectivity index (χ3v) is 6.30. The van der Waals surface area contributed by atoms with E-state index in [0.29, 0.717) is 19.6 Å². The third kappa shape index (κ3) is 4.81. The van der Waals surface area contributed by atoms with Crippen molar-refractivity contribution in [1.82, 2.24) is 4.90 Å². The van der Waals surface area contributed by atoms with Crippen LogP contribution in [0.2, 0.25) is 0 Å². The summed E-state index contributed by atoms with van der Waals surface area (Å²) in [6, 6.07) is 24.0. The fraction of sp³-hybridized carbons (Fsp3) is 0.296. The molecule has 6 heteroatoms. The lowest BCUT2D eigenvalue weighted by Gasteiger charge is -2.37. The number of hydrogen-bond donors (Lipinski definition) is 1. The van der Waals surface area contributed by atoms with Crippen LogP contribution in [0.3, 0.4) is 0 Å². The second kappa shape index (κ2) is 9.55. The number of piperidine rings is 1. The molecule has 2 aliphatic heterocycles. The molecule has 2 aliphatic rings. The van der Waals surface area contributed by atoms with Gasteiger partial charge in [-0.15, -0.1) is 0 Å². The largest absolute Gasteiger partial charge is 0.489 e. The molecular formula is C27H27NO5. The van der Waals surface area contributed by atoms with Crippen LogP contribution in [0, 0.1) is 5.92 Å². The number of rotatable bonds is 7. The molecule has 0 bridgehead atoms. The smallest absolute Gasteiger partial charge is 0.307 e. The van der Waals surface area contributed by atoms with E-state index in [9.17, 15) is 9.90 Å². The minimum absolute atomic E-state index is 0.109. The first-order chi connectivity index (χ1) is 16.2. The van der Waals surface area contributed by atoms with Gasteiger partial charge >= 0.3 is 5.97 Å². The summed E-state index contributed by atoms with van der Waals surface area (Å²) in [6.45, 7) is 2.04. The van der Waals surface area contributed by atoms with Gasteiger partial charge in [0.15, 0.2) is 11.5 Å². The molecule has 5 rings (SSSR count). The molecule has 0 aromatic heterocycles. The van der Waals surface area contributed by atoms with E-state index in [1.807, 2.05) is 60.7 Å². The van der Waals surface area contributed by atoms with Crippen LogP contribution in [0.1, 0.15) is 35.6 Å². The van der Waals surface area contributed by atoms with Crippen LogP contribution in [0.4, 0.5) is 0 Å². The summed E-state index contributed by atoms with van der Waals surface area (Å²) in [5.74, 6) is 1.14. The van der Waals surface area contributed by atoms with Crippen molar-refractivity contribution in [2.45, 2.75) is 25.5 Å². The zero-order chi connectivity index (χ0) is 22.6. The van der Waals surface area contributed by atoms with Gasteiger partial charge in [-0.25, -0.2) is 0 Å². The molecule has 170 valence electrons. The minimum Gasteiger partial charge on any atom is -0.489 e. The molecule has 0 saturated carbocycles. The predicted octanol–water partition coefficient (Wildman–Crippen LogP) is 4.88. The summed E-state index contributed by atoms with van der Waals surface area (Å²) >= 11 is 0. The third-order valence-electron chi connectivity index (χ3n) is 6.30. The summed E-state index contributed by atoms with van der Waals surface area (Å²) in [6.07, 6.45) is 1.56. The average Bonchev–Trinajstić information content (AvgIpc) is 3.32. The summed E-state index contributed by atoms with van der Waals surface area (Å²) in [7, 11) is 0. The van der Waals surface area contributed by atoms with Gasteiger partial charge in [-0.3, -0.25) is 9.69 Å². The Morgan fingerprint density at radius 3 is 2.67 bits per heavy atom. The van der Waals surface area contributed by atoms with E-state index in [-0.39, 0.29) is 18.8 Å². The highest BCUT2D eigenvalue weighted by molar-refractivity contribution is 5.70. The maximum atomic E-state index is 11.7. The van der Waals surface area contributed by atoms with E-state index >= 15 is 0 Å². The second-order valence-corrected chi connectivity index (χ2v) is 8.53. The van der Waals surface area contributed by atoms with Crippen molar-refractivity contribution in [3.63, 3.8) is 0 Å². The van der Waals surface area contributed by atoms with Gasteiger partial charge in [-0.2, -0.15) is 0 Å². The molecule has 2 atom stereocenters. The first-order valence-electron chi connectivity index (χ1n) is 11.3. The maximum absolute atomic E-state index is 11.7. The quantitative estimate of drug-likeness (QED) is 0.559. The molecular weight excluding hydrogens is 418 g/mol. The summed E-state index contributed by atoms with van der Waals surface area (Å²) in [4.78, 5) is 14.0. The number of benzene rings is 3. The Labute approximate surface area is 193 Å². The number of nitrogens with zero attached hydrogens (tertiary/aromatic N) is 1. The lowest BCUT2D eigenvalue weighted by molar-refractivity contribution is -0.143. The molecule has 2 heterocycles. The van der Waals surface area contributed by atoms with Crippen molar-refractivity contribution in [3.05, 3.63) is 89.5 Å². The molecule has 0 aliphatic carbocycles. The Morgan fingerprint density at radius 1 is 1.00 bits per heavy atom. The van der Waals surface area contributed by atoms with E-state index in [2.05, 4.69) is 17.0 Å². The average molecular weight is 446 g/mol. The van der Waals surface area contributed by atoms with Gasteiger partial charge in [-0.1, -0.05) is 48.5 Å². The molecule has 1 fully saturated rings. The predicted molar refractivity (Wildman–Crippen MR) is 124 cm³/mol. The standard InChI is InChI=1S/C27H27NO5/c29-27(30)22-9-5-13-28(16-22)26(21-11-12-24-25(15-21)33-18-32-24)20-8-4-10-23(14-20)31-17-19-6-2-1-3-7-19/h1-4,6-8,10-12,14-15,22,26H,5,9,13,16-18H2,(H,29,30). The topological polar surface area (TPSA) is 68.2 Å². The fourth-order valence-corrected chi connectivity index (χ4v) is 4.66. The van der Waals surface area contributed by atoms with E-state index in [4.69, 9.17) is 14.2 Å². The number of carboxylic acids is 1. The first-order valence-corrected chi connectivity index (χ1v) is 11.3. The van der Waals surface area contributed by atoms with Gasteiger partial charge in [-0.05, 0) is 60.3 Å². The first kappa shape index (κ1) is 21.3. The molecule has 0 amide bonds. The number of hydrogen-bond acceptors (Lipinski definition) is 5. The molecule has 1 saturated heterocycles. The van der Waals surface area contributed by atoms with Gasteiger partial charge in [0.25, 0.3) is 0 Å². The van der Waals surface area contributed by atoms with Crippen LogP contribution in [0.15, 0.2) is 72.8 Å². The van der Waals surface area contributed by atoms with E-state index in [1.54, 1.807) is 0 Å². The van der Waals surface area contributed by atoms with Crippen molar-refractivity contribution in [1.29, 1.82) is 0 Å². The van der Waals surface area contributed by atoms with Crippen LogP contribution in [-0.4, -0.2) is 35.9 Å². The Morgan fingerprint density at radius 2 is 1.82 bits per heavy atom. The molecule has 1 N–H and O–H groups in total. The van der Waals surface area contributed by atoms with E-state index in [0.717, 1.165) is 46.9 Å². The number of ether oxygens (including phenoxy) is 3. The molecule has 0 radical (unpaired) electrons. The minimum atomic E-state index is -0.732. The summed E-state index contributed by atoms with van der Waals surface area (Å²) in [5.41, 5.74) is 3.21. The summed E-state index contributed by atoms with van der Waals surface area (Å²) in [5, 5.41) is 9.64. The Balaban J connectivity index is 1.46. The van der Waals surface area contributed by atoms with E-state index < -0.39 is 5.97 Å². The fourth-order valence-electron chi connectivity index (χ4n) is 4.66. The lowest BCUT2D eigenvalue weighted by atomic mass is 9.91.